The summed E-state index contributed by atoms with van der Waals surface area (Å²) in [6.07, 6.45) is 0.775. The molecule has 0 aliphatic carbocycles. The molecule has 0 spiro atoms. The zero-order valence-corrected chi connectivity index (χ0v) is 14.0. The lowest BCUT2D eigenvalue weighted by Crippen LogP contribution is -2.26. The van der Waals surface area contributed by atoms with E-state index in [0.29, 0.717) is 28.7 Å². The van der Waals surface area contributed by atoms with Crippen LogP contribution in [0.2, 0.25) is 10.0 Å². The number of amides is 1. The quantitative estimate of drug-likeness (QED) is 0.664. The van der Waals surface area contributed by atoms with Crippen molar-refractivity contribution in [3.8, 4) is 0 Å². The van der Waals surface area contributed by atoms with Gasteiger partial charge in [0.25, 0.3) is 0 Å². The molecule has 2 aromatic carbocycles. The molecule has 2 aromatic rings. The van der Waals surface area contributed by atoms with Gasteiger partial charge in [0, 0.05) is 18.8 Å². The van der Waals surface area contributed by atoms with Crippen LogP contribution in [-0.4, -0.2) is 24.2 Å². The third-order valence-electron chi connectivity index (χ3n) is 3.25. The minimum Gasteiger partial charge on any atom is -0.396 e. The number of benzene rings is 2. The molecule has 0 saturated heterocycles. The van der Waals surface area contributed by atoms with Gasteiger partial charge in [-0.25, -0.2) is 0 Å². The molecule has 0 aliphatic rings. The molecule has 0 bridgehead atoms. The number of hydrogen-bond acceptors (Lipinski definition) is 3. The molecule has 0 radical (unpaired) electrons. The number of nitrogens with one attached hydrogen (secondary N) is 2. The summed E-state index contributed by atoms with van der Waals surface area (Å²) in [5.74, 6) is -0.0991. The summed E-state index contributed by atoms with van der Waals surface area (Å²) in [5.41, 5.74) is 2.23. The number of para-hydroxylation sites is 2. The number of halogens is 2. The highest BCUT2D eigenvalue weighted by atomic mass is 35.5. The van der Waals surface area contributed by atoms with Gasteiger partial charge in [-0.3, -0.25) is 4.79 Å². The van der Waals surface area contributed by atoms with Crippen LogP contribution in [-0.2, 0) is 11.2 Å². The van der Waals surface area contributed by atoms with Crippen LogP contribution >= 0.6 is 23.2 Å². The van der Waals surface area contributed by atoms with E-state index in [0.717, 1.165) is 11.3 Å². The van der Waals surface area contributed by atoms with Crippen LogP contribution in [0.4, 0.5) is 11.4 Å². The maximum Gasteiger partial charge on any atom is 0.224 e. The van der Waals surface area contributed by atoms with Crippen molar-refractivity contribution in [2.24, 2.45) is 0 Å². The number of hydrogen-bond donors (Lipinski definition) is 3. The molecule has 23 heavy (non-hydrogen) atoms. The lowest BCUT2D eigenvalue weighted by atomic mass is 10.1. The van der Waals surface area contributed by atoms with Crippen molar-refractivity contribution < 1.29 is 9.90 Å². The number of aliphatic hydroxyl groups is 1. The summed E-state index contributed by atoms with van der Waals surface area (Å²) in [6.45, 7) is 0.519. The molecule has 0 heterocycles. The average Bonchev–Trinajstić information content (AvgIpc) is 2.53. The zero-order chi connectivity index (χ0) is 16.7. The Labute approximate surface area is 145 Å². The van der Waals surface area contributed by atoms with E-state index in [4.69, 9.17) is 28.3 Å². The first-order valence-electron chi connectivity index (χ1n) is 7.28. The number of anilines is 2. The molecule has 0 saturated carbocycles. The molecular formula is C17H18Cl2N2O2. The SMILES string of the molecule is O=C(Cc1ccccc1Nc1c(Cl)cccc1Cl)NCCCO. The second-order valence-electron chi connectivity index (χ2n) is 4.98. The van der Waals surface area contributed by atoms with E-state index in [1.165, 1.54) is 0 Å². The van der Waals surface area contributed by atoms with Crippen LogP contribution in [0.1, 0.15) is 12.0 Å². The molecule has 3 N–H and O–H groups in total. The van der Waals surface area contributed by atoms with E-state index in [1.807, 2.05) is 24.3 Å². The van der Waals surface area contributed by atoms with Gasteiger partial charge < -0.3 is 15.7 Å². The summed E-state index contributed by atoms with van der Waals surface area (Å²) in [4.78, 5) is 12.0. The van der Waals surface area contributed by atoms with Gasteiger partial charge in [0.05, 0.1) is 22.2 Å². The predicted octanol–water partition coefficient (Wildman–Crippen LogP) is 3.78. The van der Waals surface area contributed by atoms with Crippen molar-refractivity contribution in [2.75, 3.05) is 18.5 Å². The summed E-state index contributed by atoms with van der Waals surface area (Å²) < 4.78 is 0. The van der Waals surface area contributed by atoms with E-state index in [9.17, 15) is 4.79 Å². The Balaban J connectivity index is 2.13. The molecule has 6 heteroatoms. The standard InChI is InChI=1S/C17H18Cl2N2O2/c18-13-6-3-7-14(19)17(13)21-15-8-2-1-5-12(15)11-16(23)20-9-4-10-22/h1-3,5-8,21-22H,4,9-11H2,(H,20,23). The second-order valence-corrected chi connectivity index (χ2v) is 5.80. The third kappa shape index (κ3) is 5.13. The number of aliphatic hydroxyl groups excluding tert-OH is 1. The second kappa shape index (κ2) is 8.77. The smallest absolute Gasteiger partial charge is 0.224 e. The van der Waals surface area contributed by atoms with Gasteiger partial charge in [-0.2, -0.15) is 0 Å². The lowest BCUT2D eigenvalue weighted by molar-refractivity contribution is -0.120. The van der Waals surface area contributed by atoms with Gasteiger partial charge in [-0.15, -0.1) is 0 Å². The Morgan fingerprint density at radius 3 is 2.43 bits per heavy atom. The van der Waals surface area contributed by atoms with Crippen molar-refractivity contribution in [1.82, 2.24) is 5.32 Å². The van der Waals surface area contributed by atoms with Crippen LogP contribution in [0, 0.1) is 0 Å². The number of rotatable bonds is 7. The first kappa shape index (κ1) is 17.6. The molecule has 4 nitrogen and oxygen atoms in total. The van der Waals surface area contributed by atoms with Gasteiger partial charge in [0.1, 0.15) is 0 Å². The monoisotopic (exact) mass is 352 g/mol. The van der Waals surface area contributed by atoms with Gasteiger partial charge in [0.15, 0.2) is 0 Å². The van der Waals surface area contributed by atoms with E-state index >= 15 is 0 Å². The first-order valence-corrected chi connectivity index (χ1v) is 8.04. The lowest BCUT2D eigenvalue weighted by Gasteiger charge is -2.14. The van der Waals surface area contributed by atoms with Crippen LogP contribution < -0.4 is 10.6 Å². The van der Waals surface area contributed by atoms with Crippen molar-refractivity contribution in [3.05, 3.63) is 58.1 Å². The Kier molecular flexibility index (Phi) is 6.71. The normalized spacial score (nSPS) is 10.4. The highest BCUT2D eigenvalue weighted by Gasteiger charge is 2.11. The van der Waals surface area contributed by atoms with Crippen molar-refractivity contribution >= 4 is 40.5 Å². The minimum atomic E-state index is -0.0991. The summed E-state index contributed by atoms with van der Waals surface area (Å²) in [7, 11) is 0. The molecule has 2 rings (SSSR count). The van der Waals surface area contributed by atoms with Crippen LogP contribution in [0.15, 0.2) is 42.5 Å². The van der Waals surface area contributed by atoms with E-state index in [-0.39, 0.29) is 18.9 Å². The predicted molar refractivity (Wildman–Crippen MR) is 94.6 cm³/mol. The zero-order valence-electron chi connectivity index (χ0n) is 12.5. The Hall–Kier alpha value is -1.75. The Morgan fingerprint density at radius 1 is 1.04 bits per heavy atom. The summed E-state index contributed by atoms with van der Waals surface area (Å²) in [5, 5.41) is 15.7. The fraction of sp³-hybridized carbons (Fsp3) is 0.235. The maximum atomic E-state index is 12.0. The van der Waals surface area contributed by atoms with Crippen LogP contribution in [0.25, 0.3) is 0 Å². The van der Waals surface area contributed by atoms with Gasteiger partial charge in [-0.1, -0.05) is 47.5 Å². The average molecular weight is 353 g/mol. The van der Waals surface area contributed by atoms with Gasteiger partial charge in [0.2, 0.25) is 5.91 Å². The van der Waals surface area contributed by atoms with E-state index in [1.54, 1.807) is 18.2 Å². The number of carbonyl (C=O) groups excluding carboxylic acids is 1. The molecule has 0 unspecified atom stereocenters. The fourth-order valence-corrected chi connectivity index (χ4v) is 2.58. The topological polar surface area (TPSA) is 61.4 Å². The Morgan fingerprint density at radius 2 is 1.74 bits per heavy atom. The molecule has 0 fully saturated rings. The molecule has 0 aliphatic heterocycles. The maximum absolute atomic E-state index is 12.0. The molecular weight excluding hydrogens is 335 g/mol. The summed E-state index contributed by atoms with van der Waals surface area (Å²) >= 11 is 12.3. The van der Waals surface area contributed by atoms with Crippen molar-refractivity contribution in [2.45, 2.75) is 12.8 Å². The Bertz CT molecular complexity index is 657. The van der Waals surface area contributed by atoms with E-state index in [2.05, 4.69) is 10.6 Å². The minimum absolute atomic E-state index is 0.0590. The third-order valence-corrected chi connectivity index (χ3v) is 3.88. The van der Waals surface area contributed by atoms with Gasteiger partial charge in [-0.05, 0) is 30.2 Å². The first-order chi connectivity index (χ1) is 11.1. The molecule has 0 aromatic heterocycles. The molecule has 122 valence electrons. The molecule has 1 amide bonds. The highest BCUT2D eigenvalue weighted by molar-refractivity contribution is 6.39. The van der Waals surface area contributed by atoms with E-state index < -0.39 is 0 Å². The number of carbonyl (C=O) groups is 1. The van der Waals surface area contributed by atoms with Crippen LogP contribution in [0.3, 0.4) is 0 Å². The fourth-order valence-electron chi connectivity index (χ4n) is 2.09. The molecule has 0 atom stereocenters. The van der Waals surface area contributed by atoms with Crippen molar-refractivity contribution in [1.29, 1.82) is 0 Å². The van der Waals surface area contributed by atoms with Crippen molar-refractivity contribution in [3.63, 3.8) is 0 Å². The van der Waals surface area contributed by atoms with Gasteiger partial charge >= 0.3 is 0 Å². The van der Waals surface area contributed by atoms with Crippen LogP contribution in [0.5, 0.6) is 0 Å². The highest BCUT2D eigenvalue weighted by Crippen LogP contribution is 2.33. The largest absolute Gasteiger partial charge is 0.396 e. The summed E-state index contributed by atoms with van der Waals surface area (Å²) in [6, 6.07) is 12.8.